The molecule has 0 amide bonds. The molecule has 0 unspecified atom stereocenters. The summed E-state index contributed by atoms with van der Waals surface area (Å²) in [5, 5.41) is 1.36. The average molecular weight is 276 g/mol. The summed E-state index contributed by atoms with van der Waals surface area (Å²) in [6.07, 6.45) is 1.68. The molecule has 3 rings (SSSR count). The van der Waals surface area contributed by atoms with Crippen LogP contribution in [0.3, 0.4) is 0 Å². The van der Waals surface area contributed by atoms with Crippen LogP contribution in [0.25, 0.3) is 21.9 Å². The average Bonchev–Trinajstić information content (AvgIpc) is 2.29. The molecule has 78 valence electrons. The van der Waals surface area contributed by atoms with Crippen LogP contribution in [0.2, 0.25) is 0 Å². The van der Waals surface area contributed by atoms with Crippen LogP contribution in [0.5, 0.6) is 0 Å². The summed E-state index contributed by atoms with van der Waals surface area (Å²) in [6.45, 7) is 0. The molecule has 0 spiro atoms. The Balaban J connectivity index is 2.65. The molecule has 0 aliphatic rings. The first-order valence-corrected chi connectivity index (χ1v) is 5.52. The number of benzene rings is 1. The van der Waals surface area contributed by atoms with Crippen LogP contribution in [0.4, 0.5) is 0 Å². The molecule has 0 bridgehead atoms. The van der Waals surface area contributed by atoms with E-state index in [9.17, 15) is 4.79 Å². The number of nitrogens with zero attached hydrogens (tertiary/aromatic N) is 1. The van der Waals surface area contributed by atoms with Crippen LogP contribution in [-0.4, -0.2) is 4.98 Å². The fourth-order valence-electron chi connectivity index (χ4n) is 1.72. The van der Waals surface area contributed by atoms with Gasteiger partial charge in [0.25, 0.3) is 0 Å². The largest absolute Gasteiger partial charge is 0.421 e. The molecule has 0 aliphatic carbocycles. The summed E-state index contributed by atoms with van der Waals surface area (Å²) in [7, 11) is 0. The highest BCUT2D eigenvalue weighted by atomic mass is 79.9. The van der Waals surface area contributed by atoms with Crippen LogP contribution in [0, 0.1) is 0 Å². The maximum absolute atomic E-state index is 11.7. The minimum absolute atomic E-state index is 0.336. The van der Waals surface area contributed by atoms with E-state index in [0.717, 1.165) is 9.86 Å². The van der Waals surface area contributed by atoms with E-state index in [-0.39, 0.29) is 5.63 Å². The second-order valence-electron chi connectivity index (χ2n) is 3.43. The number of halogens is 1. The Morgan fingerprint density at radius 3 is 2.94 bits per heavy atom. The summed E-state index contributed by atoms with van der Waals surface area (Å²) in [5.41, 5.74) is 0.892. The van der Waals surface area contributed by atoms with Gasteiger partial charge in [-0.2, -0.15) is 0 Å². The smallest absolute Gasteiger partial charge is 0.344 e. The van der Waals surface area contributed by atoms with Crippen molar-refractivity contribution in [3.8, 4) is 0 Å². The summed E-state index contributed by atoms with van der Waals surface area (Å²) < 4.78 is 6.04. The molecule has 0 radical (unpaired) electrons. The van der Waals surface area contributed by atoms with Gasteiger partial charge >= 0.3 is 5.63 Å². The normalized spacial score (nSPS) is 11.1. The third-order valence-electron chi connectivity index (χ3n) is 2.43. The van der Waals surface area contributed by atoms with Gasteiger partial charge in [-0.3, -0.25) is 4.98 Å². The van der Waals surface area contributed by atoms with E-state index in [1.54, 1.807) is 24.4 Å². The Hall–Kier alpha value is -1.68. The first kappa shape index (κ1) is 9.54. The van der Waals surface area contributed by atoms with E-state index >= 15 is 0 Å². The van der Waals surface area contributed by atoms with Crippen molar-refractivity contribution >= 4 is 37.8 Å². The van der Waals surface area contributed by atoms with Gasteiger partial charge in [-0.25, -0.2) is 4.79 Å². The van der Waals surface area contributed by atoms with Crippen molar-refractivity contribution in [2.45, 2.75) is 0 Å². The highest BCUT2D eigenvalue weighted by Gasteiger charge is 2.07. The van der Waals surface area contributed by atoms with Gasteiger partial charge in [0, 0.05) is 16.1 Å². The maximum atomic E-state index is 11.7. The number of pyridine rings is 1. The Morgan fingerprint density at radius 2 is 2.06 bits per heavy atom. The molecule has 0 saturated carbocycles. The summed E-state index contributed by atoms with van der Waals surface area (Å²) in [6, 6.07) is 8.98. The predicted molar refractivity (Wildman–Crippen MR) is 65.5 cm³/mol. The van der Waals surface area contributed by atoms with Crippen LogP contribution in [0.1, 0.15) is 0 Å². The first-order valence-electron chi connectivity index (χ1n) is 4.73. The summed E-state index contributed by atoms with van der Waals surface area (Å²) in [5.74, 6) is 0. The van der Waals surface area contributed by atoms with Crippen LogP contribution in [0.15, 0.2) is 50.2 Å². The zero-order chi connectivity index (χ0) is 11.1. The number of aromatic nitrogens is 1. The molecule has 3 aromatic rings. The van der Waals surface area contributed by atoms with Crippen molar-refractivity contribution in [2.75, 3.05) is 0 Å². The Kier molecular flexibility index (Phi) is 2.04. The van der Waals surface area contributed by atoms with Gasteiger partial charge in [-0.05, 0) is 24.3 Å². The van der Waals surface area contributed by atoms with Crippen LogP contribution >= 0.6 is 15.9 Å². The number of fused-ring (bicyclic) bond motifs is 3. The second-order valence-corrected chi connectivity index (χ2v) is 4.35. The molecule has 2 aromatic heterocycles. The van der Waals surface area contributed by atoms with Crippen LogP contribution < -0.4 is 5.63 Å². The van der Waals surface area contributed by atoms with E-state index in [1.165, 1.54) is 0 Å². The summed E-state index contributed by atoms with van der Waals surface area (Å²) >= 11 is 3.33. The van der Waals surface area contributed by atoms with E-state index in [4.69, 9.17) is 4.42 Å². The van der Waals surface area contributed by atoms with Gasteiger partial charge in [0.15, 0.2) is 5.58 Å². The lowest BCUT2D eigenvalue weighted by Gasteiger charge is -2.01. The number of hydrogen-bond acceptors (Lipinski definition) is 3. The lowest BCUT2D eigenvalue weighted by atomic mass is 10.1. The highest BCUT2D eigenvalue weighted by molar-refractivity contribution is 9.10. The monoisotopic (exact) mass is 275 g/mol. The van der Waals surface area contributed by atoms with Gasteiger partial charge in [0.2, 0.25) is 0 Å². The number of hydrogen-bond donors (Lipinski definition) is 0. The first-order chi connectivity index (χ1) is 7.75. The van der Waals surface area contributed by atoms with Crippen molar-refractivity contribution in [1.29, 1.82) is 0 Å². The van der Waals surface area contributed by atoms with Crippen molar-refractivity contribution < 1.29 is 4.42 Å². The molecule has 0 saturated heterocycles. The molecular formula is C12H6BrNO2. The molecule has 1 aromatic carbocycles. The highest BCUT2D eigenvalue weighted by Crippen LogP contribution is 2.23. The zero-order valence-corrected chi connectivity index (χ0v) is 9.69. The number of rotatable bonds is 0. The second kappa shape index (κ2) is 3.42. The van der Waals surface area contributed by atoms with Crippen molar-refractivity contribution in [3.05, 3.63) is 51.4 Å². The maximum Gasteiger partial charge on any atom is 0.344 e. The molecule has 0 atom stereocenters. The molecule has 3 nitrogen and oxygen atoms in total. The lowest BCUT2D eigenvalue weighted by molar-refractivity contribution is 0.568. The van der Waals surface area contributed by atoms with Gasteiger partial charge in [-0.1, -0.05) is 22.0 Å². The van der Waals surface area contributed by atoms with E-state index in [2.05, 4.69) is 20.9 Å². The van der Waals surface area contributed by atoms with Crippen molar-refractivity contribution in [1.82, 2.24) is 4.98 Å². The van der Waals surface area contributed by atoms with Gasteiger partial charge in [-0.15, -0.1) is 0 Å². The minimum atomic E-state index is -0.336. The Bertz CT molecular complexity index is 749. The Labute approximate surface area is 98.8 Å². The standard InChI is InChI=1S/C12H6BrNO2/c13-7-3-4-8-9(6-7)12(15)16-10-2-1-5-14-11(8)10/h1-6H. The third-order valence-corrected chi connectivity index (χ3v) is 2.92. The van der Waals surface area contributed by atoms with Crippen LogP contribution in [-0.2, 0) is 0 Å². The van der Waals surface area contributed by atoms with Crippen molar-refractivity contribution in [3.63, 3.8) is 0 Å². The lowest BCUT2D eigenvalue weighted by Crippen LogP contribution is -2.00. The quantitative estimate of drug-likeness (QED) is 0.592. The molecule has 0 fully saturated rings. The van der Waals surface area contributed by atoms with Gasteiger partial charge < -0.3 is 4.42 Å². The predicted octanol–water partition coefficient (Wildman–Crippen LogP) is 3.10. The molecule has 2 heterocycles. The minimum Gasteiger partial charge on any atom is -0.421 e. The van der Waals surface area contributed by atoms with E-state index in [1.807, 2.05) is 12.1 Å². The molecule has 0 N–H and O–H groups in total. The van der Waals surface area contributed by atoms with Crippen molar-refractivity contribution in [2.24, 2.45) is 0 Å². The molecule has 16 heavy (non-hydrogen) atoms. The van der Waals surface area contributed by atoms with E-state index < -0.39 is 0 Å². The molecule has 4 heteroatoms. The van der Waals surface area contributed by atoms with E-state index in [0.29, 0.717) is 16.5 Å². The summed E-state index contributed by atoms with van der Waals surface area (Å²) in [4.78, 5) is 16.0. The van der Waals surface area contributed by atoms with Gasteiger partial charge in [0.1, 0.15) is 5.52 Å². The SMILES string of the molecule is O=c1oc2cccnc2c2ccc(Br)cc12. The fraction of sp³-hybridized carbons (Fsp3) is 0. The van der Waals surface area contributed by atoms with Gasteiger partial charge in [0.05, 0.1) is 5.39 Å². The topological polar surface area (TPSA) is 43.1 Å². The fourth-order valence-corrected chi connectivity index (χ4v) is 2.08. The zero-order valence-electron chi connectivity index (χ0n) is 8.11. The molecular weight excluding hydrogens is 270 g/mol. The Morgan fingerprint density at radius 1 is 1.19 bits per heavy atom. The molecule has 0 aliphatic heterocycles. The third kappa shape index (κ3) is 1.34.